The Morgan fingerprint density at radius 1 is 1.20 bits per heavy atom. The summed E-state index contributed by atoms with van der Waals surface area (Å²) in [5.74, 6) is 1.55. The number of hydrogen-bond donors (Lipinski definition) is 4. The SMILES string of the molecule is COc1c(CN2O[C@@H](CO)[C@H]([C@H](C)O)[C@H]2C(=O)N[C@H]2C[C@H]3C[C@H]([C@@H]2C)C3(C)C)cccc1-c1cccc(CNCCN(C)C)c1. The lowest BCUT2D eigenvalue weighted by Crippen LogP contribution is -2.62. The Bertz CT molecular complexity index is 1320. The first-order valence-electron chi connectivity index (χ1n) is 16.6. The van der Waals surface area contributed by atoms with E-state index in [1.54, 1.807) is 19.1 Å². The number of ether oxygens (including phenoxy) is 1. The van der Waals surface area contributed by atoms with E-state index in [0.717, 1.165) is 42.7 Å². The zero-order chi connectivity index (χ0) is 32.5. The van der Waals surface area contributed by atoms with Gasteiger partial charge in [-0.2, -0.15) is 5.06 Å². The fourth-order valence-electron chi connectivity index (χ4n) is 8.21. The maximum Gasteiger partial charge on any atom is 0.240 e. The average Bonchev–Trinajstić information content (AvgIpc) is 3.38. The van der Waals surface area contributed by atoms with Crippen LogP contribution in [0.1, 0.15) is 51.7 Å². The summed E-state index contributed by atoms with van der Waals surface area (Å²) >= 11 is 0. The molecule has 45 heavy (non-hydrogen) atoms. The molecule has 2 aromatic carbocycles. The van der Waals surface area contributed by atoms with Crippen LogP contribution in [0.3, 0.4) is 0 Å². The Morgan fingerprint density at radius 2 is 1.96 bits per heavy atom. The lowest BCUT2D eigenvalue weighted by atomic mass is 9.45. The van der Waals surface area contributed by atoms with Gasteiger partial charge in [0.1, 0.15) is 17.9 Å². The third-order valence-corrected chi connectivity index (χ3v) is 11.0. The number of aliphatic hydroxyl groups is 2. The molecule has 0 spiro atoms. The first-order chi connectivity index (χ1) is 21.5. The number of amides is 1. The van der Waals surface area contributed by atoms with E-state index in [2.05, 4.69) is 74.7 Å². The highest BCUT2D eigenvalue weighted by molar-refractivity contribution is 5.83. The minimum atomic E-state index is -0.846. The Kier molecular flexibility index (Phi) is 10.6. The van der Waals surface area contributed by atoms with Crippen molar-refractivity contribution in [3.8, 4) is 16.9 Å². The lowest BCUT2D eigenvalue weighted by molar-refractivity contribution is -0.183. The molecule has 2 bridgehead atoms. The van der Waals surface area contributed by atoms with Gasteiger partial charge in [-0.05, 0) is 74.2 Å². The van der Waals surface area contributed by atoms with Gasteiger partial charge >= 0.3 is 0 Å². The number of benzene rings is 2. The van der Waals surface area contributed by atoms with Crippen molar-refractivity contribution in [3.05, 3.63) is 53.6 Å². The Hall–Kier alpha value is -2.53. The number of aliphatic hydroxyl groups excluding tert-OH is 2. The molecule has 0 unspecified atom stereocenters. The van der Waals surface area contributed by atoms with Gasteiger partial charge in [0.25, 0.3) is 0 Å². The van der Waals surface area contributed by atoms with Crippen molar-refractivity contribution >= 4 is 5.91 Å². The molecular formula is C36H54N4O5. The largest absolute Gasteiger partial charge is 0.496 e. The van der Waals surface area contributed by atoms with Crippen molar-refractivity contribution in [1.82, 2.24) is 20.6 Å². The van der Waals surface area contributed by atoms with Crippen molar-refractivity contribution in [3.63, 3.8) is 0 Å². The Morgan fingerprint density at radius 3 is 2.60 bits per heavy atom. The zero-order valence-electron chi connectivity index (χ0n) is 28.1. The summed E-state index contributed by atoms with van der Waals surface area (Å²) in [6.07, 6.45) is 0.657. The van der Waals surface area contributed by atoms with Gasteiger partial charge < -0.3 is 30.5 Å². The van der Waals surface area contributed by atoms with Crippen LogP contribution in [0.4, 0.5) is 0 Å². The number of fused-ring (bicyclic) bond motifs is 2. The molecule has 4 aliphatic rings. The number of para-hydroxylation sites is 1. The molecule has 4 fully saturated rings. The molecule has 0 radical (unpaired) electrons. The molecule has 248 valence electrons. The van der Waals surface area contributed by atoms with Crippen molar-refractivity contribution in [2.24, 2.45) is 29.1 Å². The normalized spacial score (nSPS) is 29.8. The fraction of sp³-hybridized carbons (Fsp3) is 0.639. The van der Waals surface area contributed by atoms with Crippen molar-refractivity contribution < 1.29 is 24.6 Å². The summed E-state index contributed by atoms with van der Waals surface area (Å²) in [5.41, 5.74) is 4.35. The maximum absolute atomic E-state index is 14.1. The third-order valence-electron chi connectivity index (χ3n) is 11.0. The monoisotopic (exact) mass is 622 g/mol. The van der Waals surface area contributed by atoms with Crippen LogP contribution in [0, 0.1) is 29.1 Å². The van der Waals surface area contributed by atoms with E-state index in [9.17, 15) is 15.0 Å². The Balaban J connectivity index is 1.37. The van der Waals surface area contributed by atoms with Crippen molar-refractivity contribution in [2.45, 2.75) is 77.9 Å². The van der Waals surface area contributed by atoms with E-state index in [0.29, 0.717) is 28.9 Å². The number of nitrogens with zero attached hydrogens (tertiary/aromatic N) is 2. The summed E-state index contributed by atoms with van der Waals surface area (Å²) in [5, 5.41) is 29.6. The molecule has 2 aromatic rings. The smallest absolute Gasteiger partial charge is 0.240 e. The lowest BCUT2D eigenvalue weighted by Gasteiger charge is -2.62. The van der Waals surface area contributed by atoms with Gasteiger partial charge in [0, 0.05) is 42.7 Å². The number of rotatable bonds is 13. The summed E-state index contributed by atoms with van der Waals surface area (Å²) in [7, 11) is 5.80. The van der Waals surface area contributed by atoms with Gasteiger partial charge in [-0.3, -0.25) is 9.63 Å². The number of carbonyl (C=O) groups is 1. The number of likely N-dealkylation sites (N-methyl/N-ethyl adjacent to an activating group) is 1. The summed E-state index contributed by atoms with van der Waals surface area (Å²) in [6, 6.07) is 13.8. The van der Waals surface area contributed by atoms with Crippen LogP contribution in [0.15, 0.2) is 42.5 Å². The van der Waals surface area contributed by atoms with Gasteiger partial charge in [0.2, 0.25) is 5.91 Å². The molecule has 1 aliphatic heterocycles. The molecule has 8 atom stereocenters. The second kappa shape index (κ2) is 14.1. The molecule has 4 N–H and O–H groups in total. The summed E-state index contributed by atoms with van der Waals surface area (Å²) in [6.45, 7) is 11.2. The number of carbonyl (C=O) groups excluding carboxylic acids is 1. The number of nitrogens with one attached hydrogen (secondary N) is 2. The van der Waals surface area contributed by atoms with Crippen molar-refractivity contribution in [2.75, 3.05) is 40.9 Å². The van der Waals surface area contributed by atoms with Crippen LogP contribution in [-0.4, -0.2) is 91.3 Å². The van der Waals surface area contributed by atoms with Crippen LogP contribution in [0.2, 0.25) is 0 Å². The van der Waals surface area contributed by atoms with Gasteiger partial charge in [-0.1, -0.05) is 57.2 Å². The number of methoxy groups -OCH3 is 1. The van der Waals surface area contributed by atoms with Crippen LogP contribution in [0.25, 0.3) is 11.1 Å². The van der Waals surface area contributed by atoms with E-state index in [1.165, 1.54) is 12.0 Å². The average molecular weight is 623 g/mol. The number of hydroxylamine groups is 2. The molecule has 0 aromatic heterocycles. The Labute approximate surface area is 269 Å². The van der Waals surface area contributed by atoms with Crippen molar-refractivity contribution in [1.29, 1.82) is 0 Å². The third kappa shape index (κ3) is 6.94. The molecule has 1 heterocycles. The standard InChI is InChI=1S/C36H54N4O5/c1-22-29-17-27(36(29,3)4)18-30(22)38-35(43)33-32(23(2)42)31(21-41)45-40(33)20-26-12-9-13-28(34(26)44-7)25-11-8-10-24(16-25)19-37-14-15-39(5)6/h8-13,16,22-23,27,29-33,37,41-42H,14-15,17-21H2,1-7H3,(H,38,43)/t22-,23-,27+,29+,30-,31-,32-,33-/m0/s1. The molecule has 3 saturated carbocycles. The first kappa shape index (κ1) is 33.8. The molecule has 3 aliphatic carbocycles. The van der Waals surface area contributed by atoms with E-state index >= 15 is 0 Å². The van der Waals surface area contributed by atoms with E-state index in [4.69, 9.17) is 9.57 Å². The molecule has 1 saturated heterocycles. The van der Waals surface area contributed by atoms with E-state index in [1.807, 2.05) is 18.2 Å². The minimum absolute atomic E-state index is 0.0847. The molecule has 1 amide bonds. The first-order valence-corrected chi connectivity index (χ1v) is 16.6. The zero-order valence-corrected chi connectivity index (χ0v) is 28.1. The van der Waals surface area contributed by atoms with Crippen LogP contribution >= 0.6 is 0 Å². The summed E-state index contributed by atoms with van der Waals surface area (Å²) in [4.78, 5) is 22.5. The fourth-order valence-corrected chi connectivity index (χ4v) is 8.21. The highest BCUT2D eigenvalue weighted by Gasteiger charge is 2.57. The van der Waals surface area contributed by atoms with Crippen LogP contribution in [-0.2, 0) is 22.7 Å². The second-order valence-corrected chi connectivity index (χ2v) is 14.4. The maximum atomic E-state index is 14.1. The minimum Gasteiger partial charge on any atom is -0.496 e. The van der Waals surface area contributed by atoms with Gasteiger partial charge in [0.05, 0.1) is 26.4 Å². The topological polar surface area (TPSA) is 107 Å². The van der Waals surface area contributed by atoms with E-state index < -0.39 is 24.2 Å². The predicted molar refractivity (Wildman–Crippen MR) is 176 cm³/mol. The highest BCUT2D eigenvalue weighted by Crippen LogP contribution is 2.61. The quantitative estimate of drug-likeness (QED) is 0.251. The molecule has 6 rings (SSSR count). The van der Waals surface area contributed by atoms with E-state index in [-0.39, 0.29) is 25.1 Å². The molecular weight excluding hydrogens is 568 g/mol. The summed E-state index contributed by atoms with van der Waals surface area (Å²) < 4.78 is 6.00. The van der Waals surface area contributed by atoms with Gasteiger partial charge in [0.15, 0.2) is 0 Å². The van der Waals surface area contributed by atoms with Crippen LogP contribution < -0.4 is 15.4 Å². The molecule has 9 nitrogen and oxygen atoms in total. The molecule has 9 heteroatoms. The van der Waals surface area contributed by atoms with Gasteiger partial charge in [-0.15, -0.1) is 0 Å². The highest BCUT2D eigenvalue weighted by atomic mass is 16.7. The predicted octanol–water partition coefficient (Wildman–Crippen LogP) is 3.67. The number of hydrogen-bond acceptors (Lipinski definition) is 8. The second-order valence-electron chi connectivity index (χ2n) is 14.4. The van der Waals surface area contributed by atoms with Crippen LogP contribution in [0.5, 0.6) is 5.75 Å². The van der Waals surface area contributed by atoms with Gasteiger partial charge in [-0.25, -0.2) is 0 Å².